The van der Waals surface area contributed by atoms with E-state index in [1.54, 1.807) is 4.90 Å². The highest BCUT2D eigenvalue weighted by Crippen LogP contribution is 2.27. The van der Waals surface area contributed by atoms with Crippen molar-refractivity contribution in [1.82, 2.24) is 15.0 Å². The van der Waals surface area contributed by atoms with Crippen molar-refractivity contribution in [2.24, 2.45) is 0 Å². The Labute approximate surface area is 145 Å². The number of amides is 1. The molecule has 2 heterocycles. The Morgan fingerprint density at radius 1 is 1.08 bits per heavy atom. The molecule has 0 N–H and O–H groups in total. The van der Waals surface area contributed by atoms with E-state index >= 15 is 0 Å². The van der Waals surface area contributed by atoms with Crippen LogP contribution in [0.15, 0.2) is 65.2 Å². The smallest absolute Gasteiger partial charge is 0.260 e. The summed E-state index contributed by atoms with van der Waals surface area (Å²) >= 11 is 0. The van der Waals surface area contributed by atoms with Gasteiger partial charge in [0.05, 0.1) is 5.92 Å². The number of rotatable bonds is 5. The SMILES string of the molecule is O=C(COc1ccccc1)N1CC(c2nc(-c3ccccc3)no2)C1. The molecule has 6 heteroatoms. The molecule has 1 amide bonds. The normalized spacial score (nSPS) is 14.2. The highest BCUT2D eigenvalue weighted by atomic mass is 16.5. The summed E-state index contributed by atoms with van der Waals surface area (Å²) in [6.45, 7) is 1.19. The molecule has 2 aromatic carbocycles. The van der Waals surface area contributed by atoms with Crippen molar-refractivity contribution in [2.75, 3.05) is 19.7 Å². The molecule has 1 aromatic heterocycles. The maximum absolute atomic E-state index is 12.1. The van der Waals surface area contributed by atoms with Crippen LogP contribution in [0, 0.1) is 0 Å². The van der Waals surface area contributed by atoms with Crippen LogP contribution >= 0.6 is 0 Å². The van der Waals surface area contributed by atoms with Crippen molar-refractivity contribution < 1.29 is 14.1 Å². The van der Waals surface area contributed by atoms with Crippen LogP contribution in [-0.4, -0.2) is 40.6 Å². The number of carbonyl (C=O) groups is 1. The molecular formula is C19H17N3O3. The molecule has 6 nitrogen and oxygen atoms in total. The molecule has 0 radical (unpaired) electrons. The van der Waals surface area contributed by atoms with Gasteiger partial charge in [0.25, 0.3) is 5.91 Å². The average Bonchev–Trinajstić information content (AvgIpc) is 3.10. The topological polar surface area (TPSA) is 68.5 Å². The molecular weight excluding hydrogens is 318 g/mol. The number of hydrogen-bond donors (Lipinski definition) is 0. The lowest BCUT2D eigenvalue weighted by Gasteiger charge is -2.36. The minimum atomic E-state index is -0.0390. The van der Waals surface area contributed by atoms with Gasteiger partial charge in [0.15, 0.2) is 6.61 Å². The first-order valence-corrected chi connectivity index (χ1v) is 8.14. The number of likely N-dealkylation sites (tertiary alicyclic amines) is 1. The molecule has 1 saturated heterocycles. The Balaban J connectivity index is 1.30. The van der Waals surface area contributed by atoms with Crippen LogP contribution in [0.3, 0.4) is 0 Å². The summed E-state index contributed by atoms with van der Waals surface area (Å²) in [6.07, 6.45) is 0. The van der Waals surface area contributed by atoms with Gasteiger partial charge in [-0.2, -0.15) is 4.98 Å². The van der Waals surface area contributed by atoms with Crippen LogP contribution in [0.4, 0.5) is 0 Å². The molecule has 25 heavy (non-hydrogen) atoms. The van der Waals surface area contributed by atoms with Crippen molar-refractivity contribution in [1.29, 1.82) is 0 Å². The minimum absolute atomic E-state index is 0.0375. The molecule has 0 atom stereocenters. The van der Waals surface area contributed by atoms with Gasteiger partial charge in [-0.1, -0.05) is 53.7 Å². The second-order valence-corrected chi connectivity index (χ2v) is 5.92. The average molecular weight is 335 g/mol. The summed E-state index contributed by atoms with van der Waals surface area (Å²) in [5.41, 5.74) is 0.918. The van der Waals surface area contributed by atoms with Gasteiger partial charge in [-0.25, -0.2) is 0 Å². The Hall–Kier alpha value is -3.15. The predicted molar refractivity (Wildman–Crippen MR) is 91.0 cm³/mol. The fourth-order valence-corrected chi connectivity index (χ4v) is 2.70. The van der Waals surface area contributed by atoms with Crippen LogP contribution < -0.4 is 4.74 Å². The van der Waals surface area contributed by atoms with E-state index in [0.717, 1.165) is 5.56 Å². The molecule has 0 spiro atoms. The number of aromatic nitrogens is 2. The summed E-state index contributed by atoms with van der Waals surface area (Å²) < 4.78 is 10.8. The molecule has 0 unspecified atom stereocenters. The lowest BCUT2D eigenvalue weighted by atomic mass is 10.0. The third-order valence-electron chi connectivity index (χ3n) is 4.16. The number of benzene rings is 2. The van der Waals surface area contributed by atoms with Crippen LogP contribution in [0.2, 0.25) is 0 Å². The molecule has 0 bridgehead atoms. The maximum Gasteiger partial charge on any atom is 0.260 e. The summed E-state index contributed by atoms with van der Waals surface area (Å²) in [4.78, 5) is 18.3. The molecule has 0 saturated carbocycles. The van der Waals surface area contributed by atoms with Crippen molar-refractivity contribution in [3.63, 3.8) is 0 Å². The largest absolute Gasteiger partial charge is 0.484 e. The van der Waals surface area contributed by atoms with Gasteiger partial charge in [0.1, 0.15) is 5.75 Å². The van der Waals surface area contributed by atoms with Crippen LogP contribution in [0.5, 0.6) is 5.75 Å². The van der Waals surface area contributed by atoms with Gasteiger partial charge in [-0.3, -0.25) is 4.79 Å². The van der Waals surface area contributed by atoms with Crippen molar-refractivity contribution in [2.45, 2.75) is 5.92 Å². The third kappa shape index (κ3) is 3.38. The minimum Gasteiger partial charge on any atom is -0.484 e. The van der Waals surface area contributed by atoms with E-state index in [1.165, 1.54) is 0 Å². The van der Waals surface area contributed by atoms with Gasteiger partial charge < -0.3 is 14.2 Å². The van der Waals surface area contributed by atoms with Crippen molar-refractivity contribution in [3.05, 3.63) is 66.6 Å². The summed E-state index contributed by atoms with van der Waals surface area (Å²) in [5.74, 6) is 1.89. The highest BCUT2D eigenvalue weighted by Gasteiger charge is 2.35. The van der Waals surface area contributed by atoms with Crippen LogP contribution in [0.25, 0.3) is 11.4 Å². The number of carbonyl (C=O) groups excluding carboxylic acids is 1. The molecule has 1 fully saturated rings. The third-order valence-corrected chi connectivity index (χ3v) is 4.16. The number of nitrogens with zero attached hydrogens (tertiary/aromatic N) is 3. The molecule has 1 aliphatic heterocycles. The lowest BCUT2D eigenvalue weighted by Crippen LogP contribution is -2.50. The standard InChI is InChI=1S/C19H17N3O3/c23-17(13-24-16-9-5-2-6-10-16)22-11-15(12-22)19-20-18(21-25-19)14-7-3-1-4-8-14/h1-10,15H,11-13H2. The Morgan fingerprint density at radius 2 is 1.76 bits per heavy atom. The second kappa shape index (κ2) is 6.76. The van der Waals surface area contributed by atoms with Gasteiger partial charge >= 0.3 is 0 Å². The van der Waals surface area contributed by atoms with E-state index in [4.69, 9.17) is 9.26 Å². The first kappa shape index (κ1) is 15.4. The maximum atomic E-state index is 12.1. The van der Waals surface area contributed by atoms with Gasteiger partial charge in [-0.05, 0) is 12.1 Å². The van der Waals surface area contributed by atoms with Crippen LogP contribution in [0.1, 0.15) is 11.8 Å². The van der Waals surface area contributed by atoms with E-state index in [0.29, 0.717) is 30.6 Å². The molecule has 0 aliphatic carbocycles. The lowest BCUT2D eigenvalue weighted by molar-refractivity contribution is -0.138. The molecule has 126 valence electrons. The van der Waals surface area contributed by atoms with Crippen molar-refractivity contribution in [3.8, 4) is 17.1 Å². The molecule has 1 aliphatic rings. The van der Waals surface area contributed by atoms with E-state index in [2.05, 4.69) is 10.1 Å². The predicted octanol–water partition coefficient (Wildman–Crippen LogP) is 2.74. The zero-order chi connectivity index (χ0) is 17.1. The van der Waals surface area contributed by atoms with Gasteiger partial charge in [0.2, 0.25) is 11.7 Å². The summed E-state index contributed by atoms with van der Waals surface area (Å²) in [5, 5.41) is 4.02. The van der Waals surface area contributed by atoms with E-state index < -0.39 is 0 Å². The zero-order valence-corrected chi connectivity index (χ0v) is 13.5. The Kier molecular flexibility index (Phi) is 4.16. The Morgan fingerprint density at radius 3 is 2.48 bits per heavy atom. The van der Waals surface area contributed by atoms with Crippen LogP contribution in [-0.2, 0) is 4.79 Å². The molecule has 4 rings (SSSR count). The second-order valence-electron chi connectivity index (χ2n) is 5.92. The van der Waals surface area contributed by atoms with E-state index in [-0.39, 0.29) is 18.4 Å². The zero-order valence-electron chi connectivity index (χ0n) is 13.5. The first-order valence-electron chi connectivity index (χ1n) is 8.14. The van der Waals surface area contributed by atoms with E-state index in [1.807, 2.05) is 60.7 Å². The molecule has 3 aromatic rings. The number of ether oxygens (including phenoxy) is 1. The fourth-order valence-electron chi connectivity index (χ4n) is 2.70. The number of hydrogen-bond acceptors (Lipinski definition) is 5. The Bertz CT molecular complexity index is 843. The van der Waals surface area contributed by atoms with Gasteiger partial charge in [-0.15, -0.1) is 0 Å². The highest BCUT2D eigenvalue weighted by molar-refractivity contribution is 5.78. The van der Waals surface area contributed by atoms with Gasteiger partial charge in [0, 0.05) is 18.7 Å². The fraction of sp³-hybridized carbons (Fsp3) is 0.211. The van der Waals surface area contributed by atoms with Crippen molar-refractivity contribution >= 4 is 5.91 Å². The quantitative estimate of drug-likeness (QED) is 0.717. The number of para-hydroxylation sites is 1. The van der Waals surface area contributed by atoms with E-state index in [9.17, 15) is 4.79 Å². The summed E-state index contributed by atoms with van der Waals surface area (Å²) in [7, 11) is 0. The monoisotopic (exact) mass is 335 g/mol. The summed E-state index contributed by atoms with van der Waals surface area (Å²) in [6, 6.07) is 19.0. The first-order chi connectivity index (χ1) is 12.3.